The van der Waals surface area contributed by atoms with Gasteiger partial charge in [-0.15, -0.1) is 24.0 Å². The van der Waals surface area contributed by atoms with Gasteiger partial charge in [0.05, 0.1) is 26.5 Å². The predicted octanol–water partition coefficient (Wildman–Crippen LogP) is 2.23. The Morgan fingerprint density at radius 2 is 1.96 bits per heavy atom. The quantitative estimate of drug-likeness (QED) is 0.367. The average Bonchev–Trinajstić information content (AvgIpc) is 3.14. The van der Waals surface area contributed by atoms with E-state index in [0.717, 1.165) is 11.3 Å². The van der Waals surface area contributed by atoms with E-state index in [2.05, 4.69) is 15.6 Å². The number of carbonyl (C=O) groups is 1. The zero-order valence-electron chi connectivity index (χ0n) is 15.2. The van der Waals surface area contributed by atoms with Gasteiger partial charge in [0.2, 0.25) is 5.91 Å². The van der Waals surface area contributed by atoms with Gasteiger partial charge in [0.25, 0.3) is 0 Å². The van der Waals surface area contributed by atoms with E-state index in [1.54, 1.807) is 26.5 Å². The first kappa shape index (κ1) is 21.8. The molecule has 0 bridgehead atoms. The fraction of sp³-hybridized carbons (Fsp3) is 0.333. The summed E-state index contributed by atoms with van der Waals surface area (Å²) in [6, 6.07) is 11.4. The Kier molecular flexibility index (Phi) is 9.56. The topological polar surface area (TPSA) is 79.1 Å². The van der Waals surface area contributed by atoms with Crippen molar-refractivity contribution in [2.24, 2.45) is 4.99 Å². The number of aliphatic imine (C=N–C) groups is 1. The van der Waals surface area contributed by atoms with Gasteiger partial charge in [-0.05, 0) is 29.8 Å². The number of guanidine groups is 1. The number of rotatable bonds is 7. The molecule has 2 N–H and O–H groups in total. The Morgan fingerprint density at radius 3 is 2.54 bits per heavy atom. The van der Waals surface area contributed by atoms with Crippen LogP contribution in [0.25, 0.3) is 0 Å². The SMILES string of the molecule is CN=C(NCC(=O)NCc1ccco1)N(C)Cc1ccc(OC)cc1.I. The van der Waals surface area contributed by atoms with Crippen molar-refractivity contribution in [2.45, 2.75) is 13.1 Å². The highest BCUT2D eigenvalue weighted by Crippen LogP contribution is 2.12. The summed E-state index contributed by atoms with van der Waals surface area (Å²) in [6.45, 7) is 1.17. The molecule has 0 aliphatic heterocycles. The van der Waals surface area contributed by atoms with E-state index in [1.807, 2.05) is 42.3 Å². The largest absolute Gasteiger partial charge is 0.497 e. The molecule has 0 fully saturated rings. The molecule has 0 atom stereocenters. The summed E-state index contributed by atoms with van der Waals surface area (Å²) in [5.41, 5.74) is 1.12. The first-order chi connectivity index (χ1) is 12.1. The van der Waals surface area contributed by atoms with Crippen molar-refractivity contribution < 1.29 is 13.9 Å². The van der Waals surface area contributed by atoms with Gasteiger partial charge in [0.1, 0.15) is 11.5 Å². The molecule has 0 aliphatic rings. The summed E-state index contributed by atoms with van der Waals surface area (Å²) in [5, 5.41) is 5.83. The van der Waals surface area contributed by atoms with Crippen LogP contribution in [0.5, 0.6) is 5.75 Å². The smallest absolute Gasteiger partial charge is 0.239 e. The normalized spacial score (nSPS) is 10.7. The summed E-state index contributed by atoms with van der Waals surface area (Å²) < 4.78 is 10.3. The highest BCUT2D eigenvalue weighted by Gasteiger charge is 2.09. The third-order valence-corrected chi connectivity index (χ3v) is 3.60. The molecule has 1 aromatic carbocycles. The van der Waals surface area contributed by atoms with Crippen LogP contribution >= 0.6 is 24.0 Å². The van der Waals surface area contributed by atoms with Crippen molar-refractivity contribution in [3.8, 4) is 5.75 Å². The molecule has 142 valence electrons. The molecule has 1 amide bonds. The Morgan fingerprint density at radius 1 is 1.23 bits per heavy atom. The molecule has 0 aliphatic carbocycles. The van der Waals surface area contributed by atoms with Crippen LogP contribution in [0.2, 0.25) is 0 Å². The lowest BCUT2D eigenvalue weighted by Crippen LogP contribution is -2.43. The summed E-state index contributed by atoms with van der Waals surface area (Å²) in [4.78, 5) is 18.1. The van der Waals surface area contributed by atoms with E-state index in [-0.39, 0.29) is 36.4 Å². The van der Waals surface area contributed by atoms with Crippen LogP contribution in [-0.4, -0.2) is 44.5 Å². The van der Waals surface area contributed by atoms with Crippen LogP contribution in [-0.2, 0) is 17.9 Å². The van der Waals surface area contributed by atoms with Crippen LogP contribution in [0.1, 0.15) is 11.3 Å². The molecule has 1 heterocycles. The molecule has 0 spiro atoms. The molecule has 0 unspecified atom stereocenters. The number of hydrogen-bond donors (Lipinski definition) is 2. The van der Waals surface area contributed by atoms with Gasteiger partial charge in [-0.3, -0.25) is 9.79 Å². The predicted molar refractivity (Wildman–Crippen MR) is 112 cm³/mol. The lowest BCUT2D eigenvalue weighted by Gasteiger charge is -2.22. The van der Waals surface area contributed by atoms with E-state index in [9.17, 15) is 4.79 Å². The van der Waals surface area contributed by atoms with Gasteiger partial charge in [-0.2, -0.15) is 0 Å². The number of amides is 1. The molecule has 7 nitrogen and oxygen atoms in total. The van der Waals surface area contributed by atoms with Crippen LogP contribution < -0.4 is 15.4 Å². The maximum atomic E-state index is 11.9. The van der Waals surface area contributed by atoms with Gasteiger partial charge in [-0.1, -0.05) is 12.1 Å². The fourth-order valence-electron chi connectivity index (χ4n) is 2.29. The van der Waals surface area contributed by atoms with Gasteiger partial charge >= 0.3 is 0 Å². The second kappa shape index (κ2) is 11.4. The molecule has 1 aromatic heterocycles. The summed E-state index contributed by atoms with van der Waals surface area (Å²) >= 11 is 0. The number of furan rings is 1. The van der Waals surface area contributed by atoms with Crippen molar-refractivity contribution in [3.63, 3.8) is 0 Å². The third-order valence-electron chi connectivity index (χ3n) is 3.60. The van der Waals surface area contributed by atoms with Gasteiger partial charge in [0, 0.05) is 20.6 Å². The van der Waals surface area contributed by atoms with E-state index >= 15 is 0 Å². The van der Waals surface area contributed by atoms with E-state index < -0.39 is 0 Å². The Labute approximate surface area is 170 Å². The number of nitrogens with zero attached hydrogens (tertiary/aromatic N) is 2. The standard InChI is InChI=1S/C18H24N4O3.HI/c1-19-18(21-12-17(23)20-11-16-5-4-10-25-16)22(2)13-14-6-8-15(24-3)9-7-14;/h4-10H,11-13H2,1-3H3,(H,19,21)(H,20,23);1H. The van der Waals surface area contributed by atoms with E-state index in [0.29, 0.717) is 24.8 Å². The van der Waals surface area contributed by atoms with Crippen LogP contribution in [0.15, 0.2) is 52.1 Å². The van der Waals surface area contributed by atoms with Crippen molar-refractivity contribution >= 4 is 35.8 Å². The van der Waals surface area contributed by atoms with Crippen molar-refractivity contribution in [2.75, 3.05) is 27.7 Å². The molecule has 0 saturated heterocycles. The minimum Gasteiger partial charge on any atom is -0.497 e. The summed E-state index contributed by atoms with van der Waals surface area (Å²) in [6.07, 6.45) is 1.58. The summed E-state index contributed by atoms with van der Waals surface area (Å²) in [7, 11) is 5.25. The number of nitrogens with one attached hydrogen (secondary N) is 2. The van der Waals surface area contributed by atoms with Crippen LogP contribution in [0, 0.1) is 0 Å². The number of ether oxygens (including phenoxy) is 1. The maximum absolute atomic E-state index is 11.9. The van der Waals surface area contributed by atoms with Crippen LogP contribution in [0.3, 0.4) is 0 Å². The first-order valence-electron chi connectivity index (χ1n) is 7.96. The molecule has 2 aromatic rings. The highest BCUT2D eigenvalue weighted by atomic mass is 127. The highest BCUT2D eigenvalue weighted by molar-refractivity contribution is 14.0. The van der Waals surface area contributed by atoms with Crippen molar-refractivity contribution in [3.05, 3.63) is 54.0 Å². The number of halogens is 1. The zero-order valence-corrected chi connectivity index (χ0v) is 17.5. The molecule has 0 radical (unpaired) electrons. The molecule has 26 heavy (non-hydrogen) atoms. The monoisotopic (exact) mass is 472 g/mol. The number of benzene rings is 1. The number of carbonyl (C=O) groups excluding carboxylic acids is 1. The molecule has 2 rings (SSSR count). The maximum Gasteiger partial charge on any atom is 0.239 e. The Bertz CT molecular complexity index is 687. The second-order valence-corrected chi connectivity index (χ2v) is 5.46. The Balaban J connectivity index is 0.00000338. The molecule has 0 saturated carbocycles. The Hall–Kier alpha value is -2.23. The van der Waals surface area contributed by atoms with Crippen LogP contribution in [0.4, 0.5) is 0 Å². The van der Waals surface area contributed by atoms with Gasteiger partial charge in [-0.25, -0.2) is 0 Å². The molecule has 8 heteroatoms. The van der Waals surface area contributed by atoms with E-state index in [1.165, 1.54) is 0 Å². The summed E-state index contributed by atoms with van der Waals surface area (Å²) in [5.74, 6) is 2.05. The van der Waals surface area contributed by atoms with Gasteiger partial charge < -0.3 is 24.7 Å². The molecular weight excluding hydrogens is 447 g/mol. The first-order valence-corrected chi connectivity index (χ1v) is 7.96. The van der Waals surface area contributed by atoms with Crippen molar-refractivity contribution in [1.29, 1.82) is 0 Å². The number of hydrogen-bond acceptors (Lipinski definition) is 4. The van der Waals surface area contributed by atoms with Crippen molar-refractivity contribution in [1.82, 2.24) is 15.5 Å². The van der Waals surface area contributed by atoms with E-state index in [4.69, 9.17) is 9.15 Å². The average molecular weight is 472 g/mol. The minimum atomic E-state index is -0.129. The minimum absolute atomic E-state index is 0. The van der Waals surface area contributed by atoms with Gasteiger partial charge in [0.15, 0.2) is 5.96 Å². The fourth-order valence-corrected chi connectivity index (χ4v) is 2.29. The third kappa shape index (κ3) is 6.95. The lowest BCUT2D eigenvalue weighted by molar-refractivity contribution is -0.120. The second-order valence-electron chi connectivity index (χ2n) is 5.46. The zero-order chi connectivity index (χ0) is 18.1. The number of methoxy groups -OCH3 is 1. The molecular formula is C18H25IN4O3. The lowest BCUT2D eigenvalue weighted by atomic mass is 10.2.